The lowest BCUT2D eigenvalue weighted by Gasteiger charge is -2.19. The van der Waals surface area contributed by atoms with E-state index in [0.29, 0.717) is 30.9 Å². The minimum atomic E-state index is -3.77. The van der Waals surface area contributed by atoms with E-state index in [0.717, 1.165) is 12.8 Å². The van der Waals surface area contributed by atoms with Crippen LogP contribution in [0.3, 0.4) is 0 Å². The Kier molecular flexibility index (Phi) is 7.09. The second-order valence-corrected chi connectivity index (χ2v) is 9.81. The van der Waals surface area contributed by atoms with Crippen LogP contribution >= 0.6 is 0 Å². The van der Waals surface area contributed by atoms with Crippen molar-refractivity contribution in [3.63, 3.8) is 0 Å². The van der Waals surface area contributed by atoms with Crippen molar-refractivity contribution in [2.75, 3.05) is 25.0 Å². The van der Waals surface area contributed by atoms with Crippen molar-refractivity contribution in [3.05, 3.63) is 89.5 Å². The van der Waals surface area contributed by atoms with Gasteiger partial charge in [0.25, 0.3) is 5.91 Å². The van der Waals surface area contributed by atoms with Crippen LogP contribution in [0.25, 0.3) is 0 Å². The molecule has 0 spiro atoms. The Morgan fingerprint density at radius 1 is 0.912 bits per heavy atom. The maximum absolute atomic E-state index is 13.2. The Morgan fingerprint density at radius 3 is 2.24 bits per heavy atom. The van der Waals surface area contributed by atoms with E-state index in [1.165, 1.54) is 10.4 Å². The Bertz CT molecular complexity index is 1300. The lowest BCUT2D eigenvalue weighted by molar-refractivity contribution is 0.0996. The van der Waals surface area contributed by atoms with E-state index in [-0.39, 0.29) is 27.6 Å². The molecule has 1 fully saturated rings. The van der Waals surface area contributed by atoms with Gasteiger partial charge in [0.05, 0.1) is 12.2 Å². The van der Waals surface area contributed by atoms with Gasteiger partial charge in [-0.15, -0.1) is 0 Å². The van der Waals surface area contributed by atoms with Crippen molar-refractivity contribution < 1.29 is 22.7 Å². The summed E-state index contributed by atoms with van der Waals surface area (Å²) in [6.07, 6.45) is 1.62. The van der Waals surface area contributed by atoms with Crippen molar-refractivity contribution in [2.45, 2.75) is 24.7 Å². The zero-order chi connectivity index (χ0) is 24.1. The second-order valence-electron chi connectivity index (χ2n) is 7.90. The van der Waals surface area contributed by atoms with Crippen LogP contribution in [0.5, 0.6) is 5.75 Å². The molecule has 7 nitrogen and oxygen atoms in total. The zero-order valence-corrected chi connectivity index (χ0v) is 19.7. The SMILES string of the molecule is CCOc1ccc(NC(=O)c2ccccc2C(=O)c2ccccc2)cc1S(=O)(=O)N1CCCC1. The third-order valence-electron chi connectivity index (χ3n) is 5.64. The van der Waals surface area contributed by atoms with Gasteiger partial charge in [0.15, 0.2) is 5.78 Å². The van der Waals surface area contributed by atoms with Crippen LogP contribution < -0.4 is 10.1 Å². The number of amides is 1. The van der Waals surface area contributed by atoms with Crippen molar-refractivity contribution in [2.24, 2.45) is 0 Å². The van der Waals surface area contributed by atoms with Crippen LogP contribution in [0.4, 0.5) is 5.69 Å². The summed E-state index contributed by atoms with van der Waals surface area (Å²) in [5.41, 5.74) is 1.24. The van der Waals surface area contributed by atoms with Crippen molar-refractivity contribution in [1.29, 1.82) is 0 Å². The summed E-state index contributed by atoms with van der Waals surface area (Å²) in [5.74, 6) is -0.532. The molecule has 8 heteroatoms. The van der Waals surface area contributed by atoms with Crippen LogP contribution in [-0.4, -0.2) is 44.1 Å². The largest absolute Gasteiger partial charge is 0.492 e. The average Bonchev–Trinajstić information content (AvgIpc) is 3.41. The Hall–Kier alpha value is -3.49. The predicted molar refractivity (Wildman–Crippen MR) is 130 cm³/mol. The number of sulfonamides is 1. The molecule has 0 aromatic heterocycles. The number of carbonyl (C=O) groups excluding carboxylic acids is 2. The smallest absolute Gasteiger partial charge is 0.256 e. The summed E-state index contributed by atoms with van der Waals surface area (Å²) in [4.78, 5) is 26.2. The molecule has 34 heavy (non-hydrogen) atoms. The molecule has 1 aliphatic heterocycles. The van der Waals surface area contributed by atoms with Gasteiger partial charge >= 0.3 is 0 Å². The van der Waals surface area contributed by atoms with Gasteiger partial charge in [-0.1, -0.05) is 48.5 Å². The van der Waals surface area contributed by atoms with E-state index in [2.05, 4.69) is 5.32 Å². The molecule has 0 atom stereocenters. The van der Waals surface area contributed by atoms with E-state index in [1.54, 1.807) is 67.6 Å². The van der Waals surface area contributed by atoms with E-state index in [9.17, 15) is 18.0 Å². The predicted octanol–water partition coefficient (Wildman–Crippen LogP) is 4.35. The first-order valence-electron chi connectivity index (χ1n) is 11.2. The van der Waals surface area contributed by atoms with E-state index in [4.69, 9.17) is 4.74 Å². The maximum Gasteiger partial charge on any atom is 0.256 e. The molecule has 0 unspecified atom stereocenters. The van der Waals surface area contributed by atoms with Crippen molar-refractivity contribution >= 4 is 27.4 Å². The lowest BCUT2D eigenvalue weighted by Crippen LogP contribution is -2.28. The Morgan fingerprint density at radius 2 is 1.56 bits per heavy atom. The molecule has 1 saturated heterocycles. The van der Waals surface area contributed by atoms with Crippen LogP contribution in [0, 0.1) is 0 Å². The molecule has 0 radical (unpaired) electrons. The fourth-order valence-electron chi connectivity index (χ4n) is 3.95. The number of hydrogen-bond acceptors (Lipinski definition) is 5. The highest BCUT2D eigenvalue weighted by Gasteiger charge is 2.30. The molecule has 0 aliphatic carbocycles. The summed E-state index contributed by atoms with van der Waals surface area (Å²) in [6, 6.07) is 19.8. The standard InChI is InChI=1S/C26H26N2O5S/c1-2-33-23-15-14-20(18-24(23)34(31,32)28-16-8-9-17-28)27-26(30)22-13-7-6-12-21(22)25(29)19-10-4-3-5-11-19/h3-7,10-15,18H,2,8-9,16-17H2,1H3,(H,27,30). The number of ether oxygens (including phenoxy) is 1. The van der Waals surface area contributed by atoms with Gasteiger partial charge in [0.2, 0.25) is 10.0 Å². The first kappa shape index (κ1) is 23.7. The maximum atomic E-state index is 13.2. The molecule has 1 heterocycles. The lowest BCUT2D eigenvalue weighted by atomic mass is 9.98. The molecule has 4 rings (SSSR count). The summed E-state index contributed by atoms with van der Waals surface area (Å²) in [7, 11) is -3.77. The minimum absolute atomic E-state index is 0.0164. The van der Waals surface area contributed by atoms with Crippen molar-refractivity contribution in [1.82, 2.24) is 4.31 Å². The molecular formula is C26H26N2O5S. The molecule has 176 valence electrons. The number of anilines is 1. The summed E-state index contributed by atoms with van der Waals surface area (Å²) in [6.45, 7) is 3.00. The molecule has 0 bridgehead atoms. The van der Waals surface area contributed by atoms with Gasteiger partial charge in [-0.25, -0.2) is 8.42 Å². The molecule has 0 saturated carbocycles. The fraction of sp³-hybridized carbons (Fsp3) is 0.231. The number of benzene rings is 3. The molecule has 3 aromatic carbocycles. The number of nitrogens with one attached hydrogen (secondary N) is 1. The molecule has 1 amide bonds. The van der Waals surface area contributed by atoms with E-state index >= 15 is 0 Å². The normalized spacial score (nSPS) is 14.0. The highest BCUT2D eigenvalue weighted by Crippen LogP contribution is 2.32. The molecular weight excluding hydrogens is 452 g/mol. The van der Waals surface area contributed by atoms with E-state index < -0.39 is 15.9 Å². The Balaban J connectivity index is 1.65. The van der Waals surface area contributed by atoms with Gasteiger partial charge in [0.1, 0.15) is 10.6 Å². The average molecular weight is 479 g/mol. The number of hydrogen-bond donors (Lipinski definition) is 1. The van der Waals surface area contributed by atoms with Gasteiger partial charge in [-0.2, -0.15) is 4.31 Å². The first-order valence-corrected chi connectivity index (χ1v) is 12.6. The summed E-state index contributed by atoms with van der Waals surface area (Å²) >= 11 is 0. The number of carbonyl (C=O) groups is 2. The molecule has 1 N–H and O–H groups in total. The monoisotopic (exact) mass is 478 g/mol. The van der Waals surface area contributed by atoms with Crippen LogP contribution in [0.2, 0.25) is 0 Å². The highest BCUT2D eigenvalue weighted by molar-refractivity contribution is 7.89. The van der Waals surface area contributed by atoms with Crippen LogP contribution in [-0.2, 0) is 10.0 Å². The van der Waals surface area contributed by atoms with Crippen LogP contribution in [0.1, 0.15) is 46.0 Å². The third kappa shape index (κ3) is 4.88. The fourth-order valence-corrected chi connectivity index (χ4v) is 5.63. The van der Waals surface area contributed by atoms with Gasteiger partial charge in [-0.05, 0) is 44.0 Å². The number of rotatable bonds is 8. The summed E-state index contributed by atoms with van der Waals surface area (Å²) in [5, 5.41) is 2.75. The molecule has 3 aromatic rings. The molecule has 1 aliphatic rings. The van der Waals surface area contributed by atoms with Gasteiger partial charge in [0, 0.05) is 29.9 Å². The van der Waals surface area contributed by atoms with E-state index in [1.807, 2.05) is 6.07 Å². The van der Waals surface area contributed by atoms with Gasteiger partial charge in [-0.3, -0.25) is 9.59 Å². The first-order chi connectivity index (χ1) is 16.4. The highest BCUT2D eigenvalue weighted by atomic mass is 32.2. The van der Waals surface area contributed by atoms with Crippen molar-refractivity contribution in [3.8, 4) is 5.75 Å². The second kappa shape index (κ2) is 10.2. The number of ketones is 1. The van der Waals surface area contributed by atoms with Gasteiger partial charge < -0.3 is 10.1 Å². The third-order valence-corrected chi connectivity index (χ3v) is 7.56. The Labute approximate surface area is 199 Å². The number of nitrogens with zero attached hydrogens (tertiary/aromatic N) is 1. The zero-order valence-electron chi connectivity index (χ0n) is 18.9. The van der Waals surface area contributed by atoms with Crippen LogP contribution in [0.15, 0.2) is 77.7 Å². The topological polar surface area (TPSA) is 92.8 Å². The minimum Gasteiger partial charge on any atom is -0.492 e. The summed E-state index contributed by atoms with van der Waals surface area (Å²) < 4.78 is 33.5. The quantitative estimate of drug-likeness (QED) is 0.486.